The van der Waals surface area contributed by atoms with Crippen molar-refractivity contribution in [3.8, 4) is 5.75 Å². The number of amides is 1. The Hall–Kier alpha value is -3.61. The fourth-order valence-electron chi connectivity index (χ4n) is 2.76. The molecule has 26 heavy (non-hydrogen) atoms. The van der Waals surface area contributed by atoms with Crippen molar-refractivity contribution in [1.29, 1.82) is 0 Å². The standard InChI is InChI=1S/C19H17N5O2/c1-26-15-8-6-13(7-9-15)11-24-12-14(10-20-24)21-19(25)18-16-4-2-3-5-17(16)22-23-18/h2-10,12H,11H2,1H3,(H,21,25)(H,22,23). The molecule has 0 atom stereocenters. The molecule has 0 radical (unpaired) electrons. The predicted molar refractivity (Wildman–Crippen MR) is 98.4 cm³/mol. The number of carbonyl (C=O) groups is 1. The molecule has 0 fully saturated rings. The number of hydrogen-bond acceptors (Lipinski definition) is 4. The summed E-state index contributed by atoms with van der Waals surface area (Å²) in [6, 6.07) is 15.3. The van der Waals surface area contributed by atoms with Crippen LogP contribution in [0.2, 0.25) is 0 Å². The highest BCUT2D eigenvalue weighted by atomic mass is 16.5. The molecule has 4 rings (SSSR count). The van der Waals surface area contributed by atoms with Gasteiger partial charge in [-0.3, -0.25) is 14.6 Å². The van der Waals surface area contributed by atoms with E-state index in [2.05, 4.69) is 20.6 Å². The molecule has 0 saturated carbocycles. The fourth-order valence-corrected chi connectivity index (χ4v) is 2.76. The molecule has 0 aliphatic rings. The Morgan fingerprint density at radius 2 is 2.00 bits per heavy atom. The number of nitrogens with one attached hydrogen (secondary N) is 2. The summed E-state index contributed by atoms with van der Waals surface area (Å²) in [7, 11) is 1.64. The number of carbonyl (C=O) groups excluding carboxylic acids is 1. The maximum Gasteiger partial charge on any atom is 0.276 e. The lowest BCUT2D eigenvalue weighted by Crippen LogP contribution is -2.12. The van der Waals surface area contributed by atoms with Gasteiger partial charge in [0.05, 0.1) is 31.1 Å². The van der Waals surface area contributed by atoms with E-state index in [0.717, 1.165) is 22.2 Å². The number of benzene rings is 2. The van der Waals surface area contributed by atoms with Crippen molar-refractivity contribution < 1.29 is 9.53 Å². The molecule has 2 heterocycles. The zero-order chi connectivity index (χ0) is 17.9. The van der Waals surface area contributed by atoms with Gasteiger partial charge >= 0.3 is 0 Å². The molecule has 2 aromatic carbocycles. The molecule has 0 saturated heterocycles. The van der Waals surface area contributed by atoms with Crippen LogP contribution < -0.4 is 10.1 Å². The number of fused-ring (bicyclic) bond motifs is 1. The van der Waals surface area contributed by atoms with Crippen LogP contribution in [0.4, 0.5) is 5.69 Å². The smallest absolute Gasteiger partial charge is 0.276 e. The van der Waals surface area contributed by atoms with Crippen LogP contribution in [-0.4, -0.2) is 33.0 Å². The SMILES string of the molecule is COc1ccc(Cn2cc(NC(=O)c3n[nH]c4ccccc34)cn2)cc1. The van der Waals surface area contributed by atoms with E-state index in [0.29, 0.717) is 17.9 Å². The van der Waals surface area contributed by atoms with E-state index in [4.69, 9.17) is 4.74 Å². The monoisotopic (exact) mass is 347 g/mol. The van der Waals surface area contributed by atoms with Crippen LogP contribution >= 0.6 is 0 Å². The van der Waals surface area contributed by atoms with E-state index < -0.39 is 0 Å². The van der Waals surface area contributed by atoms with Gasteiger partial charge in [0.2, 0.25) is 0 Å². The number of methoxy groups -OCH3 is 1. The Morgan fingerprint density at radius 1 is 1.19 bits per heavy atom. The molecule has 7 heteroatoms. The number of hydrogen-bond donors (Lipinski definition) is 2. The van der Waals surface area contributed by atoms with Gasteiger partial charge in [-0.15, -0.1) is 0 Å². The van der Waals surface area contributed by atoms with E-state index in [1.807, 2.05) is 48.5 Å². The fraction of sp³-hybridized carbons (Fsp3) is 0.105. The Balaban J connectivity index is 1.46. The van der Waals surface area contributed by atoms with Gasteiger partial charge in [0.1, 0.15) is 5.75 Å². The number of aromatic amines is 1. The average molecular weight is 347 g/mol. The molecule has 0 unspecified atom stereocenters. The van der Waals surface area contributed by atoms with Gasteiger partial charge in [0.15, 0.2) is 5.69 Å². The first-order valence-corrected chi connectivity index (χ1v) is 8.13. The van der Waals surface area contributed by atoms with Crippen LogP contribution in [0.15, 0.2) is 60.9 Å². The summed E-state index contributed by atoms with van der Waals surface area (Å²) in [5, 5.41) is 14.9. The second kappa shape index (κ2) is 6.72. The number of aromatic nitrogens is 4. The third-order valence-corrected chi connectivity index (χ3v) is 4.08. The lowest BCUT2D eigenvalue weighted by molar-refractivity contribution is 0.102. The minimum Gasteiger partial charge on any atom is -0.497 e. The molecular formula is C19H17N5O2. The molecule has 4 aromatic rings. The highest BCUT2D eigenvalue weighted by Gasteiger charge is 2.14. The maximum absolute atomic E-state index is 12.5. The summed E-state index contributed by atoms with van der Waals surface area (Å²) >= 11 is 0. The third-order valence-electron chi connectivity index (χ3n) is 4.08. The van der Waals surface area contributed by atoms with Crippen molar-refractivity contribution in [2.75, 3.05) is 12.4 Å². The van der Waals surface area contributed by atoms with E-state index in [1.165, 1.54) is 0 Å². The van der Waals surface area contributed by atoms with E-state index in [9.17, 15) is 4.79 Å². The molecule has 130 valence electrons. The minimum absolute atomic E-state index is 0.272. The predicted octanol–water partition coefficient (Wildman–Crippen LogP) is 3.07. The van der Waals surface area contributed by atoms with Crippen molar-refractivity contribution in [3.05, 3.63) is 72.2 Å². The zero-order valence-electron chi connectivity index (χ0n) is 14.1. The van der Waals surface area contributed by atoms with Crippen LogP contribution in [0.5, 0.6) is 5.75 Å². The highest BCUT2D eigenvalue weighted by molar-refractivity contribution is 6.10. The van der Waals surface area contributed by atoms with Crippen LogP contribution in [-0.2, 0) is 6.54 Å². The number of H-pyrrole nitrogens is 1. The van der Waals surface area contributed by atoms with E-state index in [-0.39, 0.29) is 5.91 Å². The average Bonchev–Trinajstić information content (AvgIpc) is 3.29. The topological polar surface area (TPSA) is 84.8 Å². The van der Waals surface area contributed by atoms with Gasteiger partial charge in [0, 0.05) is 11.6 Å². The second-order valence-electron chi connectivity index (χ2n) is 5.85. The second-order valence-corrected chi connectivity index (χ2v) is 5.85. The normalized spacial score (nSPS) is 10.8. The zero-order valence-corrected chi connectivity index (χ0v) is 14.1. The van der Waals surface area contributed by atoms with Crippen molar-refractivity contribution >= 4 is 22.5 Å². The Kier molecular flexibility index (Phi) is 4.10. The third kappa shape index (κ3) is 3.14. The highest BCUT2D eigenvalue weighted by Crippen LogP contribution is 2.17. The quantitative estimate of drug-likeness (QED) is 0.581. The molecule has 0 aliphatic heterocycles. The van der Waals surface area contributed by atoms with Gasteiger partial charge in [-0.25, -0.2) is 0 Å². The maximum atomic E-state index is 12.5. The summed E-state index contributed by atoms with van der Waals surface area (Å²) in [4.78, 5) is 12.5. The first-order chi connectivity index (χ1) is 12.7. The van der Waals surface area contributed by atoms with Gasteiger partial charge in [-0.05, 0) is 23.8 Å². The lowest BCUT2D eigenvalue weighted by atomic mass is 10.2. The van der Waals surface area contributed by atoms with Crippen LogP contribution in [0.3, 0.4) is 0 Å². The minimum atomic E-state index is -0.272. The first-order valence-electron chi connectivity index (χ1n) is 8.13. The molecule has 7 nitrogen and oxygen atoms in total. The Bertz CT molecular complexity index is 1050. The molecule has 0 bridgehead atoms. The number of rotatable bonds is 5. The summed E-state index contributed by atoms with van der Waals surface area (Å²) in [5.41, 5.74) is 2.90. The molecule has 2 aromatic heterocycles. The summed E-state index contributed by atoms with van der Waals surface area (Å²) < 4.78 is 6.92. The molecule has 0 spiro atoms. The van der Waals surface area contributed by atoms with Gasteiger partial charge < -0.3 is 10.1 Å². The number of nitrogens with zero attached hydrogens (tertiary/aromatic N) is 3. The summed E-state index contributed by atoms with van der Waals surface area (Å²) in [6.07, 6.45) is 3.41. The van der Waals surface area contributed by atoms with Crippen LogP contribution in [0.25, 0.3) is 10.9 Å². The van der Waals surface area contributed by atoms with E-state index >= 15 is 0 Å². The Labute approximate surface area is 149 Å². The van der Waals surface area contributed by atoms with E-state index in [1.54, 1.807) is 24.2 Å². The molecule has 0 aliphatic carbocycles. The van der Waals surface area contributed by atoms with Crippen molar-refractivity contribution in [2.24, 2.45) is 0 Å². The summed E-state index contributed by atoms with van der Waals surface area (Å²) in [6.45, 7) is 0.602. The lowest BCUT2D eigenvalue weighted by Gasteiger charge is -2.04. The van der Waals surface area contributed by atoms with Crippen molar-refractivity contribution in [3.63, 3.8) is 0 Å². The number of anilines is 1. The molecule has 1 amide bonds. The molecular weight excluding hydrogens is 330 g/mol. The van der Waals surface area contributed by atoms with Gasteiger partial charge in [0.25, 0.3) is 5.91 Å². The number of ether oxygens (including phenoxy) is 1. The van der Waals surface area contributed by atoms with Crippen molar-refractivity contribution in [2.45, 2.75) is 6.54 Å². The van der Waals surface area contributed by atoms with Gasteiger partial charge in [-0.2, -0.15) is 10.2 Å². The van der Waals surface area contributed by atoms with Gasteiger partial charge in [-0.1, -0.05) is 30.3 Å². The molecule has 2 N–H and O–H groups in total. The van der Waals surface area contributed by atoms with Crippen LogP contribution in [0.1, 0.15) is 16.1 Å². The van der Waals surface area contributed by atoms with Crippen molar-refractivity contribution in [1.82, 2.24) is 20.0 Å². The number of para-hydroxylation sites is 1. The Morgan fingerprint density at radius 3 is 2.81 bits per heavy atom. The summed E-state index contributed by atoms with van der Waals surface area (Å²) in [5.74, 6) is 0.542. The van der Waals surface area contributed by atoms with Crippen LogP contribution in [0, 0.1) is 0 Å². The first kappa shape index (κ1) is 15.9. The largest absolute Gasteiger partial charge is 0.497 e.